The van der Waals surface area contributed by atoms with Gasteiger partial charge in [-0.15, -0.1) is 0 Å². The van der Waals surface area contributed by atoms with Crippen molar-refractivity contribution in [3.8, 4) is 62.0 Å². The number of carbonyl (C=O) groups is 3. The molecule has 4 saturated carbocycles. The Morgan fingerprint density at radius 2 is 0.715 bits per heavy atom. The summed E-state index contributed by atoms with van der Waals surface area (Å²) in [6, 6.07) is 18.3. The first-order valence-electron chi connectivity index (χ1n) is 43.9. The number of hydrogen-bond donors (Lipinski definition) is 3. The first-order chi connectivity index (χ1) is 62.1. The molecule has 19 rings (SSSR count). The van der Waals surface area contributed by atoms with Gasteiger partial charge in [0.25, 0.3) is 5.91 Å². The van der Waals surface area contributed by atoms with Gasteiger partial charge >= 0.3 is 11.9 Å². The third-order valence-corrected chi connectivity index (χ3v) is 25.7. The van der Waals surface area contributed by atoms with Crippen molar-refractivity contribution in [1.82, 2.24) is 79.5 Å². The number of halogens is 8. The molecule has 678 valence electrons. The fourth-order valence-corrected chi connectivity index (χ4v) is 18.7. The highest BCUT2D eigenvalue weighted by Crippen LogP contribution is 2.46. The summed E-state index contributed by atoms with van der Waals surface area (Å²) in [7, 11) is 1.57. The summed E-state index contributed by atoms with van der Waals surface area (Å²) in [6.45, 7) is 17.1. The Labute approximate surface area is 742 Å². The molecule has 33 heteroatoms. The van der Waals surface area contributed by atoms with Gasteiger partial charge < -0.3 is 38.2 Å². The molecule has 0 atom stereocenters. The molecule has 15 aromatic heterocycles. The van der Waals surface area contributed by atoms with Crippen molar-refractivity contribution in [3.05, 3.63) is 214 Å². The summed E-state index contributed by atoms with van der Waals surface area (Å²) in [4.78, 5) is 70.4. The molecule has 15 aromatic rings. The average Bonchev–Trinajstić information content (AvgIpc) is 2.04. The zero-order valence-corrected chi connectivity index (χ0v) is 73.8. The van der Waals surface area contributed by atoms with Crippen LogP contribution in [-0.4, -0.2) is 134 Å². The van der Waals surface area contributed by atoms with E-state index in [1.165, 1.54) is 24.7 Å². The van der Waals surface area contributed by atoms with E-state index < -0.39 is 35.6 Å². The molecule has 130 heavy (non-hydrogen) atoms. The maximum absolute atomic E-state index is 13.7. The van der Waals surface area contributed by atoms with Crippen LogP contribution in [0.1, 0.15) is 209 Å². The van der Waals surface area contributed by atoms with Crippen molar-refractivity contribution in [1.29, 1.82) is 0 Å². The Hall–Kier alpha value is -13.1. The number of rotatable bonds is 19. The van der Waals surface area contributed by atoms with Gasteiger partial charge in [0.1, 0.15) is 63.1 Å². The third kappa shape index (κ3) is 19.7. The molecule has 0 spiro atoms. The van der Waals surface area contributed by atoms with Crippen molar-refractivity contribution in [2.75, 3.05) is 13.7 Å². The van der Waals surface area contributed by atoms with Gasteiger partial charge in [-0.3, -0.25) is 18.5 Å². The van der Waals surface area contributed by atoms with Crippen molar-refractivity contribution in [3.63, 3.8) is 0 Å². The Morgan fingerprint density at radius 3 is 1.00 bits per heavy atom. The lowest BCUT2D eigenvalue weighted by molar-refractivity contribution is -0.0461. The number of nitrogens with one attached hydrogen (secondary N) is 2. The van der Waals surface area contributed by atoms with E-state index in [4.69, 9.17) is 37.8 Å². The first-order valence-corrected chi connectivity index (χ1v) is 43.9. The van der Waals surface area contributed by atoms with Crippen LogP contribution in [0.3, 0.4) is 0 Å². The quantitative estimate of drug-likeness (QED) is 0.0500. The third-order valence-electron chi connectivity index (χ3n) is 25.7. The molecule has 15 heterocycles. The molecule has 0 aromatic carbocycles. The molecule has 4 aliphatic rings. The van der Waals surface area contributed by atoms with E-state index >= 15 is 0 Å². The number of aromatic amines is 1. The number of aromatic nitrogens is 15. The van der Waals surface area contributed by atoms with Gasteiger partial charge in [0, 0.05) is 193 Å². The Balaban J connectivity index is 0.000000128. The second kappa shape index (κ2) is 37.2. The lowest BCUT2D eigenvalue weighted by Gasteiger charge is -2.28. The zero-order valence-electron chi connectivity index (χ0n) is 73.8. The minimum atomic E-state index is -2.57. The maximum Gasteiger partial charge on any atom is 0.339 e. The van der Waals surface area contributed by atoms with Gasteiger partial charge in [-0.1, -0.05) is 20.6 Å². The lowest BCUT2D eigenvalue weighted by atomic mass is 9.83. The molecule has 4 fully saturated rings. The number of carbonyl (C=O) groups excluding carboxylic acids is 2. The number of carboxylic acid groups (broad SMARTS) is 1. The molecule has 0 bridgehead atoms. The van der Waals surface area contributed by atoms with E-state index in [9.17, 15) is 54.6 Å². The van der Waals surface area contributed by atoms with Crippen LogP contribution in [0.5, 0.6) is 0 Å². The van der Waals surface area contributed by atoms with E-state index in [1.807, 2.05) is 106 Å². The normalized spacial score (nSPS) is 16.4. The summed E-state index contributed by atoms with van der Waals surface area (Å²) in [5.74, 6) is -6.38. The van der Waals surface area contributed by atoms with Crippen LogP contribution in [0.2, 0.25) is 0 Å². The SMILES string of the molecule is CCOC(=O)c1ccc(-n2cc(CC3CCC(F)(F)CC3)c3cc(-c4c(C)noc4C)cnc32)nc1.CNC(=O)c1ccc(-n2cc(CC3CCC(F)(F)CC3)c3cc(-c4c(C)noc4C)cnc32)nc1.Cc1noc(C)c1-c1cnc2[nH]cc(CC3CCC(F)(F)CC3)c2c1.Cc1noc(C)c1-c1cnc2c(c1)c(CC1CCC(F)(F)CC1)cn2-c1ccc(C(=O)O)cn1. The average molecular weight is 1790 g/mol. The predicted molar refractivity (Wildman–Crippen MR) is 471 cm³/mol. The van der Waals surface area contributed by atoms with E-state index in [1.54, 1.807) is 62.9 Å². The number of amides is 1. The molecular weight excluding hydrogens is 1690 g/mol. The molecule has 0 unspecified atom stereocenters. The van der Waals surface area contributed by atoms with Gasteiger partial charge in [0.2, 0.25) is 23.7 Å². The lowest BCUT2D eigenvalue weighted by Crippen LogP contribution is -2.25. The summed E-state index contributed by atoms with van der Waals surface area (Å²) < 4.78 is 141. The highest BCUT2D eigenvalue weighted by atomic mass is 19.3. The number of H-pyrrole nitrogens is 1. The largest absolute Gasteiger partial charge is 0.478 e. The molecule has 1 amide bonds. The number of pyridine rings is 7. The number of ether oxygens (including phenoxy) is 1. The highest BCUT2D eigenvalue weighted by molar-refractivity contribution is 5.95. The van der Waals surface area contributed by atoms with E-state index in [0.29, 0.717) is 134 Å². The minimum absolute atomic E-state index is 0.00258. The number of aromatic carboxylic acids is 1. The van der Waals surface area contributed by atoms with Gasteiger partial charge in [-0.25, -0.2) is 79.6 Å². The predicted octanol–water partition coefficient (Wildman–Crippen LogP) is 22.6. The number of fused-ring (bicyclic) bond motifs is 4. The number of carboxylic acids is 1. The van der Waals surface area contributed by atoms with Gasteiger partial charge in [0.15, 0.2) is 0 Å². The standard InChI is InChI=1S/C27H28F2N4O3.C26H27F2N5O2.C25H24F2N4O3.C19H21F2N3O/c1-4-35-26(34)19-5-6-23(30-13-19)33-15-21(11-18-7-9-27(28,29)10-8-18)22-12-20(14-31-25(22)33)24-16(2)32-36-17(24)3;1-15-23(16(2)35-32-15)19-11-21-20(10-17-6-8-26(27,28)9-7-17)14-33(24(21)31-13-19)22-5-4-18(12-30-22)25(34)29-3;1-14-22(15(2)34-30-14)18-10-20-19(9-16-5-7-25(26,27)8-6-16)13-31(23(20)29-12-18)21-4-3-17(11-28-21)24(32)33;1-11-17(12(2)25-24-11)15-8-16-14(9-22-18(16)23-10-15)7-13-3-5-19(20,21)6-4-13/h5-6,12-15,18H,4,7-11H2,1-3H3;4-5,11-14,17H,6-10H2,1-3H3,(H,29,34);3-4,10-13,16H,5-9H2,1-2H3,(H,32,33);8-10,13H,3-7H2,1-2H3,(H,22,23). The van der Waals surface area contributed by atoms with Crippen LogP contribution in [0.15, 0.2) is 147 Å². The second-order valence-electron chi connectivity index (χ2n) is 34.9. The Morgan fingerprint density at radius 1 is 0.415 bits per heavy atom. The Bertz CT molecular complexity index is 6540. The summed E-state index contributed by atoms with van der Waals surface area (Å²) in [5, 5.41) is 31.8. The summed E-state index contributed by atoms with van der Waals surface area (Å²) >= 11 is 0. The van der Waals surface area contributed by atoms with Gasteiger partial charge in [-0.2, -0.15) is 0 Å². The Kier molecular flexibility index (Phi) is 25.8. The molecule has 3 N–H and O–H groups in total. The molecule has 0 saturated heterocycles. The number of hydrogen-bond acceptors (Lipinski definition) is 19. The van der Waals surface area contributed by atoms with Gasteiger partial charge in [0.05, 0.1) is 46.1 Å². The van der Waals surface area contributed by atoms with Crippen molar-refractivity contribution >= 4 is 62.0 Å². The molecular formula is C97H100F8N16O9. The first kappa shape index (κ1) is 90.3. The number of alkyl halides is 8. The van der Waals surface area contributed by atoms with Crippen LogP contribution < -0.4 is 5.32 Å². The van der Waals surface area contributed by atoms with Crippen molar-refractivity contribution < 1.29 is 77.4 Å². The second-order valence-corrected chi connectivity index (χ2v) is 34.9. The smallest absolute Gasteiger partial charge is 0.339 e. The van der Waals surface area contributed by atoms with Crippen LogP contribution in [-0.2, 0) is 30.4 Å². The summed E-state index contributed by atoms with van der Waals surface area (Å²) in [5.41, 5.74) is 18.5. The van der Waals surface area contributed by atoms with Crippen LogP contribution in [0.4, 0.5) is 35.1 Å². The monoisotopic (exact) mass is 1780 g/mol. The van der Waals surface area contributed by atoms with Crippen molar-refractivity contribution in [2.24, 2.45) is 23.7 Å². The molecule has 0 aliphatic heterocycles. The summed E-state index contributed by atoms with van der Waals surface area (Å²) in [6.07, 6.45) is 25.8. The molecule has 4 aliphatic carbocycles. The number of nitrogens with zero attached hydrogens (tertiary/aromatic N) is 14. The zero-order chi connectivity index (χ0) is 91.8. The van der Waals surface area contributed by atoms with Gasteiger partial charge in [-0.05, 0) is 246 Å². The van der Waals surface area contributed by atoms with Crippen LogP contribution in [0, 0.1) is 79.1 Å². The van der Waals surface area contributed by atoms with E-state index in [2.05, 4.69) is 69.1 Å². The fourth-order valence-electron chi connectivity index (χ4n) is 18.7. The van der Waals surface area contributed by atoms with Crippen LogP contribution >= 0.6 is 0 Å². The van der Waals surface area contributed by atoms with E-state index in [-0.39, 0.29) is 87.2 Å². The highest BCUT2D eigenvalue weighted by Gasteiger charge is 2.40. The number of aryl methyl sites for hydroxylation is 8. The maximum atomic E-state index is 13.7. The topological polar surface area (TPSA) is 318 Å². The molecule has 25 nitrogen and oxygen atoms in total. The van der Waals surface area contributed by atoms with E-state index in [0.717, 1.165) is 135 Å². The molecule has 0 radical (unpaired) electrons. The fraction of sp³-hybridized carbons (Fsp3) is 0.402. The number of esters is 1. The minimum Gasteiger partial charge on any atom is -0.478 e. The van der Waals surface area contributed by atoms with Crippen LogP contribution in [0.25, 0.3) is 106 Å². The van der Waals surface area contributed by atoms with Crippen molar-refractivity contribution in [2.45, 2.75) is 214 Å².